The average Bonchev–Trinajstić information content (AvgIpc) is 3.22. The van der Waals surface area contributed by atoms with Crippen molar-refractivity contribution in [1.29, 1.82) is 0 Å². The Morgan fingerprint density at radius 1 is 1.12 bits per heavy atom. The first-order chi connectivity index (χ1) is 15.3. The van der Waals surface area contributed by atoms with Gasteiger partial charge in [-0.25, -0.2) is 17.2 Å². The van der Waals surface area contributed by atoms with Crippen molar-refractivity contribution in [2.75, 3.05) is 11.9 Å². The number of hydrogen-bond donors (Lipinski definition) is 1. The standard InChI is InChI=1S/C21H20F2N4O4S/c1-13-4-2-3-11-27(13)32(29,30)16-8-5-14(6-9-16)19(28)24-21-26-25-20(31-21)17-10-7-15(22)12-18(17)23/h5-10,12-13H,2-4,11H2,1H3,(H,24,26,28). The molecule has 0 aliphatic carbocycles. The molecule has 0 saturated carbocycles. The van der Waals surface area contributed by atoms with Gasteiger partial charge in [0.25, 0.3) is 11.8 Å². The molecule has 2 heterocycles. The van der Waals surface area contributed by atoms with Gasteiger partial charge >= 0.3 is 6.01 Å². The first-order valence-electron chi connectivity index (χ1n) is 9.98. The van der Waals surface area contributed by atoms with Gasteiger partial charge in [-0.15, -0.1) is 5.10 Å². The Balaban J connectivity index is 1.47. The van der Waals surface area contributed by atoms with E-state index in [4.69, 9.17) is 4.42 Å². The highest BCUT2D eigenvalue weighted by molar-refractivity contribution is 7.89. The lowest BCUT2D eigenvalue weighted by Gasteiger charge is -2.32. The second kappa shape index (κ2) is 8.75. The molecule has 1 amide bonds. The summed E-state index contributed by atoms with van der Waals surface area (Å²) in [4.78, 5) is 12.6. The molecule has 1 aromatic heterocycles. The van der Waals surface area contributed by atoms with Crippen molar-refractivity contribution in [3.63, 3.8) is 0 Å². The molecule has 8 nitrogen and oxygen atoms in total. The van der Waals surface area contributed by atoms with Crippen LogP contribution in [0, 0.1) is 11.6 Å². The highest BCUT2D eigenvalue weighted by Crippen LogP contribution is 2.26. The van der Waals surface area contributed by atoms with Crippen LogP contribution in [0.1, 0.15) is 36.5 Å². The van der Waals surface area contributed by atoms with Crippen LogP contribution in [0.3, 0.4) is 0 Å². The van der Waals surface area contributed by atoms with Crippen LogP contribution < -0.4 is 5.32 Å². The number of halogens is 2. The van der Waals surface area contributed by atoms with Crippen LogP contribution in [-0.2, 0) is 10.0 Å². The number of carbonyl (C=O) groups is 1. The number of amides is 1. The fraction of sp³-hybridized carbons (Fsp3) is 0.286. The van der Waals surface area contributed by atoms with Crippen LogP contribution in [-0.4, -0.2) is 41.4 Å². The number of benzene rings is 2. The molecule has 1 aliphatic rings. The molecule has 11 heteroatoms. The molecular formula is C21H20F2N4O4S. The molecule has 2 aromatic carbocycles. The number of carbonyl (C=O) groups excluding carboxylic acids is 1. The minimum atomic E-state index is -3.65. The van der Waals surface area contributed by atoms with E-state index in [1.165, 1.54) is 28.6 Å². The Bertz CT molecular complexity index is 1240. The van der Waals surface area contributed by atoms with Crippen molar-refractivity contribution < 1.29 is 26.4 Å². The molecule has 4 rings (SSSR count). The predicted molar refractivity (Wildman–Crippen MR) is 111 cm³/mol. The Morgan fingerprint density at radius 2 is 1.88 bits per heavy atom. The minimum Gasteiger partial charge on any atom is -0.403 e. The molecule has 1 saturated heterocycles. The van der Waals surface area contributed by atoms with Gasteiger partial charge in [-0.2, -0.15) is 4.31 Å². The lowest BCUT2D eigenvalue weighted by atomic mass is 10.1. The summed E-state index contributed by atoms with van der Waals surface area (Å²) < 4.78 is 59.4. The van der Waals surface area contributed by atoms with Crippen molar-refractivity contribution in [2.45, 2.75) is 37.1 Å². The van der Waals surface area contributed by atoms with Crippen molar-refractivity contribution in [3.05, 3.63) is 59.7 Å². The van der Waals surface area contributed by atoms with E-state index in [0.29, 0.717) is 12.6 Å². The first-order valence-corrected chi connectivity index (χ1v) is 11.4. The summed E-state index contributed by atoms with van der Waals surface area (Å²) in [5, 5.41) is 9.66. The van der Waals surface area contributed by atoms with Gasteiger partial charge in [0.15, 0.2) is 0 Å². The smallest absolute Gasteiger partial charge is 0.322 e. The Labute approximate surface area is 183 Å². The molecule has 1 aliphatic heterocycles. The summed E-state index contributed by atoms with van der Waals surface area (Å²) in [7, 11) is -3.65. The molecule has 32 heavy (non-hydrogen) atoms. The number of rotatable bonds is 5. The van der Waals surface area contributed by atoms with Gasteiger partial charge in [-0.3, -0.25) is 10.1 Å². The quantitative estimate of drug-likeness (QED) is 0.618. The molecule has 0 bridgehead atoms. The molecule has 1 N–H and O–H groups in total. The average molecular weight is 462 g/mol. The van der Waals surface area contributed by atoms with E-state index in [0.717, 1.165) is 31.4 Å². The SMILES string of the molecule is CC1CCCCN1S(=O)(=O)c1ccc(C(=O)Nc2nnc(-c3ccc(F)cc3F)o2)cc1. The highest BCUT2D eigenvalue weighted by Gasteiger charge is 2.31. The van der Waals surface area contributed by atoms with Gasteiger partial charge in [0.05, 0.1) is 10.5 Å². The zero-order valence-electron chi connectivity index (χ0n) is 17.1. The summed E-state index contributed by atoms with van der Waals surface area (Å²) in [6.45, 7) is 2.36. The largest absolute Gasteiger partial charge is 0.403 e. The van der Waals surface area contributed by atoms with E-state index in [9.17, 15) is 22.0 Å². The monoisotopic (exact) mass is 462 g/mol. The normalized spacial score (nSPS) is 17.3. The Kier molecular flexibility index (Phi) is 6.02. The second-order valence-corrected chi connectivity index (χ2v) is 9.37. The summed E-state index contributed by atoms with van der Waals surface area (Å²) >= 11 is 0. The zero-order valence-corrected chi connectivity index (χ0v) is 17.9. The fourth-order valence-electron chi connectivity index (χ4n) is 3.56. The van der Waals surface area contributed by atoms with E-state index < -0.39 is 27.6 Å². The van der Waals surface area contributed by atoms with Crippen molar-refractivity contribution in [1.82, 2.24) is 14.5 Å². The van der Waals surface area contributed by atoms with E-state index in [-0.39, 0.29) is 34.0 Å². The predicted octanol–water partition coefficient (Wildman–Crippen LogP) is 3.83. The van der Waals surface area contributed by atoms with E-state index in [1.54, 1.807) is 0 Å². The summed E-state index contributed by atoms with van der Waals surface area (Å²) in [6.07, 6.45) is 2.63. The zero-order chi connectivity index (χ0) is 22.9. The number of anilines is 1. The Morgan fingerprint density at radius 3 is 2.56 bits per heavy atom. The van der Waals surface area contributed by atoms with Gasteiger partial charge in [0.2, 0.25) is 10.0 Å². The number of sulfonamides is 1. The van der Waals surface area contributed by atoms with E-state index in [2.05, 4.69) is 15.5 Å². The first kappa shape index (κ1) is 22.0. The molecule has 3 aromatic rings. The van der Waals surface area contributed by atoms with Crippen LogP contribution in [0.5, 0.6) is 0 Å². The van der Waals surface area contributed by atoms with Crippen molar-refractivity contribution in [3.8, 4) is 11.5 Å². The maximum atomic E-state index is 13.9. The van der Waals surface area contributed by atoms with Gasteiger partial charge in [-0.05, 0) is 56.2 Å². The highest BCUT2D eigenvalue weighted by atomic mass is 32.2. The fourth-order valence-corrected chi connectivity index (χ4v) is 5.26. The second-order valence-electron chi connectivity index (χ2n) is 7.48. The van der Waals surface area contributed by atoms with Crippen molar-refractivity contribution >= 4 is 21.9 Å². The topological polar surface area (TPSA) is 105 Å². The van der Waals surface area contributed by atoms with Gasteiger partial charge in [-0.1, -0.05) is 11.5 Å². The number of hydrogen-bond acceptors (Lipinski definition) is 6. The van der Waals surface area contributed by atoms with Gasteiger partial charge in [0.1, 0.15) is 11.6 Å². The molecular weight excluding hydrogens is 442 g/mol. The third-order valence-corrected chi connectivity index (χ3v) is 7.30. The molecule has 1 atom stereocenters. The van der Waals surface area contributed by atoms with Crippen LogP contribution in [0.25, 0.3) is 11.5 Å². The number of nitrogens with one attached hydrogen (secondary N) is 1. The minimum absolute atomic E-state index is 0.0746. The van der Waals surface area contributed by atoms with Gasteiger partial charge in [0, 0.05) is 24.2 Å². The molecule has 168 valence electrons. The maximum Gasteiger partial charge on any atom is 0.322 e. The van der Waals surface area contributed by atoms with Crippen molar-refractivity contribution in [2.24, 2.45) is 0 Å². The summed E-state index contributed by atoms with van der Waals surface area (Å²) in [5.74, 6) is -2.48. The third kappa shape index (κ3) is 4.39. The van der Waals surface area contributed by atoms with Crippen LogP contribution in [0.4, 0.5) is 14.8 Å². The number of aromatic nitrogens is 2. The number of nitrogens with zero attached hydrogens (tertiary/aromatic N) is 3. The third-order valence-electron chi connectivity index (χ3n) is 5.27. The lowest BCUT2D eigenvalue weighted by molar-refractivity contribution is 0.102. The maximum absolute atomic E-state index is 13.9. The molecule has 0 radical (unpaired) electrons. The molecule has 1 fully saturated rings. The van der Waals surface area contributed by atoms with Crippen LogP contribution in [0.2, 0.25) is 0 Å². The van der Waals surface area contributed by atoms with Crippen LogP contribution in [0.15, 0.2) is 51.8 Å². The molecule has 0 spiro atoms. The Hall–Kier alpha value is -3.18. The van der Waals surface area contributed by atoms with Crippen LogP contribution >= 0.6 is 0 Å². The van der Waals surface area contributed by atoms with E-state index in [1.807, 2.05) is 6.92 Å². The van der Waals surface area contributed by atoms with E-state index >= 15 is 0 Å². The summed E-state index contributed by atoms with van der Waals surface area (Å²) in [5.41, 5.74) is 0.0595. The lowest BCUT2D eigenvalue weighted by Crippen LogP contribution is -2.41. The van der Waals surface area contributed by atoms with Gasteiger partial charge < -0.3 is 4.42 Å². The number of piperidine rings is 1. The summed E-state index contributed by atoms with van der Waals surface area (Å²) in [6, 6.07) is 8.02. The molecule has 1 unspecified atom stereocenters.